The lowest BCUT2D eigenvalue weighted by Crippen LogP contribution is -2.42. The van der Waals surface area contributed by atoms with E-state index < -0.39 is 9.84 Å². The second kappa shape index (κ2) is 7.44. The Morgan fingerprint density at radius 3 is 2.83 bits per heavy atom. The van der Waals surface area contributed by atoms with Crippen LogP contribution in [0.15, 0.2) is 17.6 Å². The third-order valence-corrected chi connectivity index (χ3v) is 7.36. The van der Waals surface area contributed by atoms with Gasteiger partial charge in [-0.05, 0) is 37.0 Å². The van der Waals surface area contributed by atoms with Crippen molar-refractivity contribution in [2.24, 2.45) is 16.3 Å². The lowest BCUT2D eigenvalue weighted by molar-refractivity contribution is 0.0218. The van der Waals surface area contributed by atoms with Crippen LogP contribution in [0.25, 0.3) is 0 Å². The van der Waals surface area contributed by atoms with E-state index in [1.165, 1.54) is 6.42 Å². The molecule has 1 atom stereocenters. The average molecular weight is 356 g/mol. The van der Waals surface area contributed by atoms with Crippen molar-refractivity contribution in [1.82, 2.24) is 10.2 Å². The Morgan fingerprint density at radius 1 is 1.38 bits per heavy atom. The van der Waals surface area contributed by atoms with Gasteiger partial charge in [0.2, 0.25) is 0 Å². The van der Waals surface area contributed by atoms with E-state index in [1.54, 1.807) is 0 Å². The summed E-state index contributed by atoms with van der Waals surface area (Å²) in [4.78, 5) is 7.09. The fraction of sp³-hybridized carbons (Fsp3) is 0.824. The van der Waals surface area contributed by atoms with Crippen molar-refractivity contribution in [3.8, 4) is 0 Å². The highest BCUT2D eigenvalue weighted by atomic mass is 32.2. The molecule has 24 heavy (non-hydrogen) atoms. The van der Waals surface area contributed by atoms with Crippen LogP contribution in [0.5, 0.6) is 0 Å². The third kappa shape index (κ3) is 4.30. The zero-order valence-corrected chi connectivity index (χ0v) is 15.2. The molecule has 0 amide bonds. The molecular weight excluding hydrogens is 326 g/mol. The van der Waals surface area contributed by atoms with Crippen LogP contribution < -0.4 is 5.32 Å². The Morgan fingerprint density at radius 2 is 2.17 bits per heavy atom. The predicted molar refractivity (Wildman–Crippen MR) is 95.9 cm³/mol. The van der Waals surface area contributed by atoms with Gasteiger partial charge in [0.05, 0.1) is 11.5 Å². The molecule has 6 nitrogen and oxygen atoms in total. The van der Waals surface area contributed by atoms with Crippen LogP contribution in [-0.4, -0.2) is 70.2 Å². The zero-order chi connectivity index (χ0) is 17.0. The maximum atomic E-state index is 11.6. The maximum absolute atomic E-state index is 11.6. The van der Waals surface area contributed by atoms with E-state index in [2.05, 4.69) is 16.8 Å². The van der Waals surface area contributed by atoms with Gasteiger partial charge in [0.25, 0.3) is 0 Å². The number of guanidine groups is 1. The summed E-state index contributed by atoms with van der Waals surface area (Å²) in [6.45, 7) is 8.78. The first kappa shape index (κ1) is 17.7. The number of aliphatic imine (C=N–C) groups is 1. The molecule has 0 aliphatic carbocycles. The molecule has 1 N–H and O–H groups in total. The van der Waals surface area contributed by atoms with E-state index in [1.807, 2.05) is 6.08 Å². The van der Waals surface area contributed by atoms with Crippen molar-refractivity contribution in [3.63, 3.8) is 0 Å². The lowest BCUT2D eigenvalue weighted by Gasteiger charge is -2.33. The number of rotatable bonds is 4. The average Bonchev–Trinajstić information content (AvgIpc) is 3.12. The fourth-order valence-corrected chi connectivity index (χ4v) is 5.84. The third-order valence-electron chi connectivity index (χ3n) is 5.52. The van der Waals surface area contributed by atoms with Gasteiger partial charge in [0, 0.05) is 39.4 Å². The van der Waals surface area contributed by atoms with Crippen LogP contribution in [-0.2, 0) is 14.6 Å². The van der Waals surface area contributed by atoms with Gasteiger partial charge in [-0.1, -0.05) is 6.08 Å². The Kier molecular flexibility index (Phi) is 5.49. The summed E-state index contributed by atoms with van der Waals surface area (Å²) in [5.41, 5.74) is 0.367. The molecule has 0 aromatic carbocycles. The summed E-state index contributed by atoms with van der Waals surface area (Å²) in [6.07, 6.45) is 6.00. The van der Waals surface area contributed by atoms with Gasteiger partial charge < -0.3 is 15.0 Å². The number of ether oxygens (including phenoxy) is 1. The molecule has 7 heteroatoms. The number of sulfone groups is 1. The molecule has 3 rings (SSSR count). The SMILES string of the molecule is C=CCNC(=NCC1CCS(=O)(=O)C1)N1CCC2(CCOCC2)C1. The molecule has 0 aromatic heterocycles. The van der Waals surface area contributed by atoms with E-state index in [4.69, 9.17) is 9.73 Å². The van der Waals surface area contributed by atoms with Gasteiger partial charge >= 0.3 is 0 Å². The van der Waals surface area contributed by atoms with Crippen LogP contribution in [0.4, 0.5) is 0 Å². The minimum Gasteiger partial charge on any atom is -0.381 e. The molecule has 0 aromatic rings. The van der Waals surface area contributed by atoms with Crippen LogP contribution in [0, 0.1) is 11.3 Å². The van der Waals surface area contributed by atoms with Crippen molar-refractivity contribution in [3.05, 3.63) is 12.7 Å². The Bertz CT molecular complexity index is 582. The molecule has 1 spiro atoms. The number of hydrogen-bond donors (Lipinski definition) is 1. The standard InChI is InChI=1S/C17H29N3O3S/c1-2-7-18-16(19-12-15-3-11-24(21,22)13-15)20-8-4-17(14-20)5-9-23-10-6-17/h2,15H,1,3-14H2,(H,18,19). The highest BCUT2D eigenvalue weighted by molar-refractivity contribution is 7.91. The number of likely N-dealkylation sites (tertiary alicyclic amines) is 1. The summed E-state index contributed by atoms with van der Waals surface area (Å²) in [7, 11) is -2.83. The molecule has 3 aliphatic rings. The van der Waals surface area contributed by atoms with Gasteiger partial charge in [-0.15, -0.1) is 6.58 Å². The van der Waals surface area contributed by atoms with Crippen LogP contribution >= 0.6 is 0 Å². The number of nitrogens with zero attached hydrogens (tertiary/aromatic N) is 2. The molecule has 0 saturated carbocycles. The first-order valence-electron chi connectivity index (χ1n) is 8.94. The van der Waals surface area contributed by atoms with Crippen molar-refractivity contribution in [2.75, 3.05) is 50.9 Å². The molecule has 3 aliphatic heterocycles. The maximum Gasteiger partial charge on any atom is 0.194 e. The molecule has 0 bridgehead atoms. The van der Waals surface area contributed by atoms with Gasteiger partial charge in [0.1, 0.15) is 0 Å². The highest BCUT2D eigenvalue weighted by Crippen LogP contribution is 2.39. The van der Waals surface area contributed by atoms with Crippen molar-refractivity contribution in [2.45, 2.75) is 25.7 Å². The van der Waals surface area contributed by atoms with E-state index in [9.17, 15) is 8.42 Å². The summed E-state index contributed by atoms with van der Waals surface area (Å²) in [5.74, 6) is 1.67. The van der Waals surface area contributed by atoms with Crippen molar-refractivity contribution in [1.29, 1.82) is 0 Å². The minimum atomic E-state index is -2.83. The van der Waals surface area contributed by atoms with Crippen molar-refractivity contribution >= 4 is 15.8 Å². The second-order valence-electron chi connectivity index (χ2n) is 7.39. The molecule has 3 heterocycles. The van der Waals surface area contributed by atoms with Crippen LogP contribution in [0.3, 0.4) is 0 Å². The summed E-state index contributed by atoms with van der Waals surface area (Å²) < 4.78 is 28.8. The Hall–Kier alpha value is -1.08. The van der Waals surface area contributed by atoms with E-state index in [0.717, 1.165) is 51.5 Å². The Balaban J connectivity index is 1.63. The first-order chi connectivity index (χ1) is 11.5. The quantitative estimate of drug-likeness (QED) is 0.464. The van der Waals surface area contributed by atoms with Crippen LogP contribution in [0.1, 0.15) is 25.7 Å². The zero-order valence-electron chi connectivity index (χ0n) is 14.4. The molecular formula is C17H29N3O3S. The number of hydrogen-bond acceptors (Lipinski definition) is 4. The largest absolute Gasteiger partial charge is 0.381 e. The van der Waals surface area contributed by atoms with E-state index in [-0.39, 0.29) is 11.7 Å². The van der Waals surface area contributed by atoms with E-state index >= 15 is 0 Å². The van der Waals surface area contributed by atoms with Gasteiger partial charge in [-0.2, -0.15) is 0 Å². The Labute approximate surface area is 145 Å². The highest BCUT2D eigenvalue weighted by Gasteiger charge is 2.40. The van der Waals surface area contributed by atoms with Gasteiger partial charge in [-0.25, -0.2) is 8.42 Å². The van der Waals surface area contributed by atoms with Crippen molar-refractivity contribution < 1.29 is 13.2 Å². The van der Waals surface area contributed by atoms with Gasteiger partial charge in [0.15, 0.2) is 15.8 Å². The molecule has 1 unspecified atom stereocenters. The summed E-state index contributed by atoms with van der Waals surface area (Å²) in [6, 6.07) is 0. The summed E-state index contributed by atoms with van der Waals surface area (Å²) >= 11 is 0. The second-order valence-corrected chi connectivity index (χ2v) is 9.62. The molecule has 3 fully saturated rings. The topological polar surface area (TPSA) is 71.0 Å². The van der Waals surface area contributed by atoms with Gasteiger partial charge in [-0.3, -0.25) is 4.99 Å². The normalized spacial score (nSPS) is 29.1. The molecule has 3 saturated heterocycles. The fourth-order valence-electron chi connectivity index (χ4n) is 3.99. The monoisotopic (exact) mass is 355 g/mol. The first-order valence-corrected chi connectivity index (χ1v) is 10.8. The molecule has 0 radical (unpaired) electrons. The van der Waals surface area contributed by atoms with Crippen LogP contribution in [0.2, 0.25) is 0 Å². The lowest BCUT2D eigenvalue weighted by atomic mass is 9.80. The molecule has 136 valence electrons. The smallest absolute Gasteiger partial charge is 0.194 e. The minimum absolute atomic E-state index is 0.162. The number of nitrogens with one attached hydrogen (secondary N) is 1. The summed E-state index contributed by atoms with van der Waals surface area (Å²) in [5, 5.41) is 3.36. The predicted octanol–water partition coefficient (Wildman–Crippen LogP) is 1.06. The van der Waals surface area contributed by atoms with E-state index in [0.29, 0.717) is 24.3 Å².